The lowest BCUT2D eigenvalue weighted by Gasteiger charge is -1.92. The number of carbonyl (C=O) groups excluding carboxylic acids is 2. The van der Waals surface area contributed by atoms with Crippen LogP contribution in [0.15, 0.2) is 12.4 Å². The highest BCUT2D eigenvalue weighted by Gasteiger charge is 2.21. The Kier molecular flexibility index (Phi) is 6.93. The molecule has 10 heavy (non-hydrogen) atoms. The van der Waals surface area contributed by atoms with Gasteiger partial charge >= 0.3 is 12.3 Å². The van der Waals surface area contributed by atoms with Crippen molar-refractivity contribution in [1.82, 2.24) is 0 Å². The Morgan fingerprint density at radius 3 is 1.50 bits per heavy atom. The van der Waals surface area contributed by atoms with E-state index in [1.807, 2.05) is 0 Å². The molecule has 0 rings (SSSR count). The first-order valence-electron chi connectivity index (χ1n) is 1.82. The van der Waals surface area contributed by atoms with E-state index in [2.05, 4.69) is 0 Å². The molecule has 0 heterocycles. The minimum absolute atomic E-state index is 0.250. The summed E-state index contributed by atoms with van der Waals surface area (Å²) in [6.07, 6.45) is -5.28. The van der Waals surface area contributed by atoms with Crippen molar-refractivity contribution in [3.63, 3.8) is 0 Å². The number of alkyl halides is 3. The molecule has 0 radical (unpaired) electrons. The Hall–Kier alpha value is -1.16. The summed E-state index contributed by atoms with van der Waals surface area (Å²) in [4.78, 5) is 16.2. The standard InChI is InChI=1S/C3H2F4.CO2/c4-2-1-3(5,6)7;2-1-3/h1-2H;. The monoisotopic (exact) mass is 158 g/mol. The maximum Gasteiger partial charge on any atom is 0.411 e. The van der Waals surface area contributed by atoms with Gasteiger partial charge in [0.05, 0.1) is 6.33 Å². The van der Waals surface area contributed by atoms with Crippen LogP contribution >= 0.6 is 0 Å². The average Bonchev–Trinajstić information content (AvgIpc) is 1.63. The second-order valence-electron chi connectivity index (χ2n) is 0.918. The molecule has 0 atom stereocenters. The Morgan fingerprint density at radius 1 is 1.20 bits per heavy atom. The lowest BCUT2D eigenvalue weighted by Crippen LogP contribution is -1.99. The Bertz CT molecular complexity index is 131. The van der Waals surface area contributed by atoms with Gasteiger partial charge in [-0.05, 0) is 0 Å². The predicted molar refractivity (Wildman–Crippen MR) is 21.3 cm³/mol. The van der Waals surface area contributed by atoms with Crippen molar-refractivity contribution < 1.29 is 27.2 Å². The van der Waals surface area contributed by atoms with E-state index >= 15 is 0 Å². The molecule has 0 aromatic rings. The maximum absolute atomic E-state index is 10.7. The van der Waals surface area contributed by atoms with E-state index in [-0.39, 0.29) is 6.15 Å². The highest BCUT2D eigenvalue weighted by Crippen LogP contribution is 2.15. The molecule has 2 nitrogen and oxygen atoms in total. The minimum atomic E-state index is -4.51. The lowest BCUT2D eigenvalue weighted by molar-refractivity contribution is -0.191. The van der Waals surface area contributed by atoms with Gasteiger partial charge in [-0.3, -0.25) is 0 Å². The third-order valence-corrected chi connectivity index (χ3v) is 0.252. The molecule has 0 aliphatic rings. The van der Waals surface area contributed by atoms with Crippen LogP contribution in [0.2, 0.25) is 0 Å². The molecule has 58 valence electrons. The number of hydrogen-bond acceptors (Lipinski definition) is 2. The van der Waals surface area contributed by atoms with Gasteiger partial charge in [0.25, 0.3) is 0 Å². The van der Waals surface area contributed by atoms with E-state index in [4.69, 9.17) is 9.59 Å². The van der Waals surface area contributed by atoms with Gasteiger partial charge in [-0.1, -0.05) is 0 Å². The maximum atomic E-state index is 10.7. The molecule has 0 aromatic heterocycles. The molecule has 6 heteroatoms. The molecule has 0 saturated heterocycles. The zero-order valence-corrected chi connectivity index (χ0v) is 4.48. The summed E-state index contributed by atoms with van der Waals surface area (Å²) >= 11 is 0. The number of rotatable bonds is 0. The van der Waals surface area contributed by atoms with Gasteiger partial charge in [0.2, 0.25) is 0 Å². The minimum Gasteiger partial charge on any atom is -0.216 e. The van der Waals surface area contributed by atoms with E-state index in [0.29, 0.717) is 0 Å². The van der Waals surface area contributed by atoms with E-state index in [0.717, 1.165) is 0 Å². The van der Waals surface area contributed by atoms with Crippen molar-refractivity contribution in [3.05, 3.63) is 12.4 Å². The summed E-state index contributed by atoms with van der Waals surface area (Å²) < 4.78 is 42.8. The molecule has 0 aliphatic carbocycles. The van der Waals surface area contributed by atoms with Gasteiger partial charge in [-0.15, -0.1) is 0 Å². The first-order chi connectivity index (χ1) is 4.47. The lowest BCUT2D eigenvalue weighted by atomic mass is 10.6. The Morgan fingerprint density at radius 2 is 1.50 bits per heavy atom. The fraction of sp³-hybridized carbons (Fsp3) is 0.250. The zero-order chi connectivity index (χ0) is 8.62. The van der Waals surface area contributed by atoms with E-state index in [1.165, 1.54) is 0 Å². The van der Waals surface area contributed by atoms with Crippen LogP contribution in [0, 0.1) is 0 Å². The summed E-state index contributed by atoms with van der Waals surface area (Å²) in [6, 6.07) is 0. The zero-order valence-electron chi connectivity index (χ0n) is 4.48. The van der Waals surface area contributed by atoms with Crippen LogP contribution in [0.5, 0.6) is 0 Å². The van der Waals surface area contributed by atoms with Crippen LogP contribution < -0.4 is 0 Å². The first-order valence-corrected chi connectivity index (χ1v) is 1.82. The van der Waals surface area contributed by atoms with Gasteiger partial charge in [0.15, 0.2) is 0 Å². The molecule has 0 amide bonds. The van der Waals surface area contributed by atoms with Crippen molar-refractivity contribution >= 4 is 6.15 Å². The van der Waals surface area contributed by atoms with E-state index in [1.54, 1.807) is 0 Å². The van der Waals surface area contributed by atoms with Crippen LogP contribution in [-0.2, 0) is 9.59 Å². The van der Waals surface area contributed by atoms with Crippen LogP contribution in [0.3, 0.4) is 0 Å². The van der Waals surface area contributed by atoms with E-state index < -0.39 is 18.6 Å². The van der Waals surface area contributed by atoms with Crippen LogP contribution in [0.25, 0.3) is 0 Å². The average molecular weight is 158 g/mol. The molecule has 0 spiro atoms. The summed E-state index contributed by atoms with van der Waals surface area (Å²) in [6.45, 7) is 0. The van der Waals surface area contributed by atoms with Crippen LogP contribution in [0.4, 0.5) is 17.6 Å². The largest absolute Gasteiger partial charge is 0.411 e. The third-order valence-electron chi connectivity index (χ3n) is 0.252. The van der Waals surface area contributed by atoms with Crippen molar-refractivity contribution in [1.29, 1.82) is 0 Å². The van der Waals surface area contributed by atoms with E-state index in [9.17, 15) is 17.6 Å². The Balaban J connectivity index is 0. The van der Waals surface area contributed by atoms with Crippen LogP contribution in [-0.4, -0.2) is 12.3 Å². The summed E-state index contributed by atoms with van der Waals surface area (Å²) in [5, 5.41) is 0. The molecule has 0 N–H and O–H groups in total. The SMILES string of the molecule is FC=CC(F)(F)F.O=C=O. The van der Waals surface area contributed by atoms with Gasteiger partial charge in [-0.25, -0.2) is 4.39 Å². The molecule has 0 fully saturated rings. The Labute approximate surface area is 53.1 Å². The summed E-state index contributed by atoms with van der Waals surface area (Å²) in [5.41, 5.74) is 0. The molecule has 0 unspecified atom stereocenters. The quantitative estimate of drug-likeness (QED) is 0.500. The number of allylic oxidation sites excluding steroid dienone is 1. The summed E-state index contributed by atoms with van der Waals surface area (Å²) in [5.74, 6) is 0. The molecule has 0 aromatic carbocycles. The molecule has 0 aliphatic heterocycles. The molecule has 0 bridgehead atoms. The van der Waals surface area contributed by atoms with Crippen molar-refractivity contribution in [2.24, 2.45) is 0 Å². The fourth-order valence-electron chi connectivity index (χ4n) is 0.0714. The molecular formula is C4H2F4O2. The second-order valence-corrected chi connectivity index (χ2v) is 0.918. The molecular weight excluding hydrogens is 156 g/mol. The van der Waals surface area contributed by atoms with Crippen molar-refractivity contribution in [3.8, 4) is 0 Å². The topological polar surface area (TPSA) is 34.1 Å². The number of hydrogen-bond donors (Lipinski definition) is 0. The molecule has 0 saturated carbocycles. The highest BCUT2D eigenvalue weighted by molar-refractivity contribution is 5.20. The fourth-order valence-corrected chi connectivity index (χ4v) is 0.0714. The van der Waals surface area contributed by atoms with Crippen molar-refractivity contribution in [2.75, 3.05) is 0 Å². The van der Waals surface area contributed by atoms with Crippen LogP contribution in [0.1, 0.15) is 0 Å². The van der Waals surface area contributed by atoms with Gasteiger partial charge < -0.3 is 0 Å². The van der Waals surface area contributed by atoms with Gasteiger partial charge in [0, 0.05) is 6.08 Å². The van der Waals surface area contributed by atoms with Gasteiger partial charge in [0.1, 0.15) is 0 Å². The summed E-state index contributed by atoms with van der Waals surface area (Å²) in [7, 11) is 0. The second kappa shape index (κ2) is 5.97. The van der Waals surface area contributed by atoms with Crippen molar-refractivity contribution in [2.45, 2.75) is 6.18 Å². The van der Waals surface area contributed by atoms with Gasteiger partial charge in [-0.2, -0.15) is 22.8 Å². The highest BCUT2D eigenvalue weighted by atomic mass is 19.4. The number of halogens is 4. The predicted octanol–water partition coefficient (Wildman–Crippen LogP) is 1.45. The first kappa shape index (κ1) is 11.6. The third kappa shape index (κ3) is 28.9. The smallest absolute Gasteiger partial charge is 0.216 e. The normalized spacial score (nSPS) is 10.0.